The summed E-state index contributed by atoms with van der Waals surface area (Å²) >= 11 is 1.38. The number of thioether (sulfide) groups is 1. The third kappa shape index (κ3) is 1.35. The highest BCUT2D eigenvalue weighted by molar-refractivity contribution is 7.98. The van der Waals surface area contributed by atoms with Gasteiger partial charge in [0.2, 0.25) is 0 Å². The van der Waals surface area contributed by atoms with E-state index in [-0.39, 0.29) is 5.56 Å². The fraction of sp³-hybridized carbons (Fsp3) is 0.111. The van der Waals surface area contributed by atoms with Crippen LogP contribution in [0.15, 0.2) is 28.2 Å². The zero-order valence-corrected chi connectivity index (χ0v) is 8.39. The number of hydrogen-bond donors (Lipinski definition) is 2. The molecule has 3 N–H and O–H groups in total. The van der Waals surface area contributed by atoms with Gasteiger partial charge in [-0.25, -0.2) is 4.98 Å². The van der Waals surface area contributed by atoms with Crippen molar-refractivity contribution in [1.82, 2.24) is 9.97 Å². The summed E-state index contributed by atoms with van der Waals surface area (Å²) in [5.74, 6) is 0. The molecule has 1 aromatic heterocycles. The summed E-state index contributed by atoms with van der Waals surface area (Å²) in [5, 5.41) is 1.11. The van der Waals surface area contributed by atoms with Crippen molar-refractivity contribution in [3.05, 3.63) is 28.6 Å². The first kappa shape index (κ1) is 9.08. The molecule has 0 fully saturated rings. The third-order valence-electron chi connectivity index (χ3n) is 1.94. The fourth-order valence-electron chi connectivity index (χ4n) is 1.26. The van der Waals surface area contributed by atoms with E-state index in [1.807, 2.05) is 6.26 Å². The van der Waals surface area contributed by atoms with Crippen molar-refractivity contribution in [3.8, 4) is 0 Å². The summed E-state index contributed by atoms with van der Waals surface area (Å²) < 4.78 is 0. The fourth-order valence-corrected chi connectivity index (χ4v) is 1.64. The van der Waals surface area contributed by atoms with Crippen LogP contribution in [0.2, 0.25) is 0 Å². The molecule has 0 bridgehead atoms. The van der Waals surface area contributed by atoms with E-state index in [1.54, 1.807) is 18.2 Å². The number of benzene rings is 1. The number of nitrogens with one attached hydrogen (secondary N) is 1. The lowest BCUT2D eigenvalue weighted by Gasteiger charge is -2.01. The van der Waals surface area contributed by atoms with E-state index < -0.39 is 0 Å². The summed E-state index contributed by atoms with van der Waals surface area (Å²) in [6.07, 6.45) is 1.85. The minimum Gasteiger partial charge on any atom is -0.397 e. The van der Waals surface area contributed by atoms with Gasteiger partial charge in [-0.1, -0.05) is 17.8 Å². The Hall–Kier alpha value is -1.49. The zero-order chi connectivity index (χ0) is 10.1. The predicted octanol–water partition coefficient (Wildman–Crippen LogP) is 1.23. The van der Waals surface area contributed by atoms with Crippen LogP contribution in [0.4, 0.5) is 5.69 Å². The molecule has 0 aliphatic carbocycles. The molecule has 72 valence electrons. The molecule has 5 heteroatoms. The number of anilines is 1. The second-order valence-corrected chi connectivity index (χ2v) is 3.61. The molecule has 1 heterocycles. The predicted molar refractivity (Wildman–Crippen MR) is 58.6 cm³/mol. The van der Waals surface area contributed by atoms with Gasteiger partial charge in [0.1, 0.15) is 5.52 Å². The number of hydrogen-bond acceptors (Lipinski definition) is 4. The standard InChI is InChI=1S/C9H9N3OS/c1-14-9-11-7-5(8(13)12-9)3-2-4-6(7)10/h2-4H,10H2,1H3,(H,11,12,13). The lowest BCUT2D eigenvalue weighted by molar-refractivity contribution is 0.978. The van der Waals surface area contributed by atoms with E-state index in [0.717, 1.165) is 0 Å². The maximum atomic E-state index is 11.5. The monoisotopic (exact) mass is 207 g/mol. The van der Waals surface area contributed by atoms with Gasteiger partial charge in [0.25, 0.3) is 5.56 Å². The van der Waals surface area contributed by atoms with Crippen LogP contribution in [-0.2, 0) is 0 Å². The van der Waals surface area contributed by atoms with Crippen molar-refractivity contribution < 1.29 is 0 Å². The molecule has 2 aromatic rings. The molecule has 0 radical (unpaired) electrons. The number of rotatable bonds is 1. The van der Waals surface area contributed by atoms with Crippen LogP contribution in [0, 0.1) is 0 Å². The first-order valence-corrected chi connectivity index (χ1v) is 5.27. The van der Waals surface area contributed by atoms with Crippen LogP contribution < -0.4 is 11.3 Å². The molecule has 0 unspecified atom stereocenters. The number of aromatic amines is 1. The highest BCUT2D eigenvalue weighted by Crippen LogP contribution is 2.17. The highest BCUT2D eigenvalue weighted by atomic mass is 32.2. The summed E-state index contributed by atoms with van der Waals surface area (Å²) in [6.45, 7) is 0. The molecule has 0 saturated carbocycles. The highest BCUT2D eigenvalue weighted by Gasteiger charge is 2.04. The lowest BCUT2D eigenvalue weighted by atomic mass is 10.2. The van der Waals surface area contributed by atoms with Crippen molar-refractivity contribution >= 4 is 28.4 Å². The number of nitrogens with zero attached hydrogens (tertiary/aromatic N) is 1. The SMILES string of the molecule is CSc1nc2c(N)cccc2c(=O)[nH]1. The summed E-state index contributed by atoms with van der Waals surface area (Å²) in [7, 11) is 0. The maximum Gasteiger partial charge on any atom is 0.259 e. The van der Waals surface area contributed by atoms with Crippen molar-refractivity contribution in [2.45, 2.75) is 5.16 Å². The van der Waals surface area contributed by atoms with Crippen LogP contribution in [0.1, 0.15) is 0 Å². The maximum absolute atomic E-state index is 11.5. The Morgan fingerprint density at radius 3 is 3.00 bits per heavy atom. The lowest BCUT2D eigenvalue weighted by Crippen LogP contribution is -2.09. The number of H-pyrrole nitrogens is 1. The molecule has 0 spiro atoms. The van der Waals surface area contributed by atoms with E-state index in [9.17, 15) is 4.79 Å². The average molecular weight is 207 g/mol. The molecule has 2 rings (SSSR count). The van der Waals surface area contributed by atoms with Crippen molar-refractivity contribution in [3.63, 3.8) is 0 Å². The molecule has 0 atom stereocenters. The summed E-state index contributed by atoms with van der Waals surface area (Å²) in [5.41, 5.74) is 6.68. The number of nitrogens with two attached hydrogens (primary N) is 1. The second kappa shape index (κ2) is 3.34. The molecule has 0 saturated heterocycles. The van der Waals surface area contributed by atoms with Crippen LogP contribution in [0.3, 0.4) is 0 Å². The van der Waals surface area contributed by atoms with Gasteiger partial charge in [0.15, 0.2) is 5.16 Å². The van der Waals surface area contributed by atoms with Crippen LogP contribution >= 0.6 is 11.8 Å². The van der Waals surface area contributed by atoms with Crippen molar-refractivity contribution in [1.29, 1.82) is 0 Å². The van der Waals surface area contributed by atoms with E-state index in [0.29, 0.717) is 21.7 Å². The topological polar surface area (TPSA) is 71.8 Å². The Bertz CT molecular complexity index is 535. The Morgan fingerprint density at radius 1 is 1.50 bits per heavy atom. The van der Waals surface area contributed by atoms with E-state index in [4.69, 9.17) is 5.73 Å². The van der Waals surface area contributed by atoms with Crippen LogP contribution in [-0.4, -0.2) is 16.2 Å². The van der Waals surface area contributed by atoms with E-state index in [1.165, 1.54) is 11.8 Å². The number of aromatic nitrogens is 2. The Kier molecular flexibility index (Phi) is 2.17. The van der Waals surface area contributed by atoms with E-state index in [2.05, 4.69) is 9.97 Å². The molecular formula is C9H9N3OS. The summed E-state index contributed by atoms with van der Waals surface area (Å²) in [4.78, 5) is 18.5. The Morgan fingerprint density at radius 2 is 2.29 bits per heavy atom. The zero-order valence-electron chi connectivity index (χ0n) is 7.57. The van der Waals surface area contributed by atoms with Crippen LogP contribution in [0.5, 0.6) is 0 Å². The van der Waals surface area contributed by atoms with E-state index >= 15 is 0 Å². The van der Waals surface area contributed by atoms with Gasteiger partial charge in [-0.2, -0.15) is 0 Å². The summed E-state index contributed by atoms with van der Waals surface area (Å²) in [6, 6.07) is 5.19. The van der Waals surface area contributed by atoms with Gasteiger partial charge in [0.05, 0.1) is 11.1 Å². The van der Waals surface area contributed by atoms with Crippen LogP contribution in [0.25, 0.3) is 10.9 Å². The normalized spacial score (nSPS) is 10.6. The number of para-hydroxylation sites is 1. The minimum absolute atomic E-state index is 0.147. The number of fused-ring (bicyclic) bond motifs is 1. The molecular weight excluding hydrogens is 198 g/mol. The van der Waals surface area contributed by atoms with Gasteiger partial charge < -0.3 is 10.7 Å². The molecule has 0 aliphatic rings. The number of nitrogen functional groups attached to an aromatic ring is 1. The first-order chi connectivity index (χ1) is 6.72. The molecule has 0 amide bonds. The largest absolute Gasteiger partial charge is 0.397 e. The van der Waals surface area contributed by atoms with Gasteiger partial charge in [-0.3, -0.25) is 4.79 Å². The molecule has 14 heavy (non-hydrogen) atoms. The van der Waals surface area contributed by atoms with Crippen molar-refractivity contribution in [2.24, 2.45) is 0 Å². The second-order valence-electron chi connectivity index (χ2n) is 2.82. The third-order valence-corrected chi connectivity index (χ3v) is 2.52. The van der Waals surface area contributed by atoms with Gasteiger partial charge in [-0.05, 0) is 18.4 Å². The van der Waals surface area contributed by atoms with Gasteiger partial charge in [0, 0.05) is 0 Å². The smallest absolute Gasteiger partial charge is 0.259 e. The molecule has 1 aromatic carbocycles. The van der Waals surface area contributed by atoms with Gasteiger partial charge in [-0.15, -0.1) is 0 Å². The molecule has 4 nitrogen and oxygen atoms in total. The first-order valence-electron chi connectivity index (χ1n) is 4.05. The molecule has 0 aliphatic heterocycles. The average Bonchev–Trinajstić information content (AvgIpc) is 2.19. The Labute approximate surface area is 84.5 Å². The van der Waals surface area contributed by atoms with Crippen molar-refractivity contribution in [2.75, 3.05) is 12.0 Å². The van der Waals surface area contributed by atoms with Gasteiger partial charge >= 0.3 is 0 Å². The minimum atomic E-state index is -0.147. The Balaban J connectivity index is 2.91. The quantitative estimate of drug-likeness (QED) is 0.419.